The van der Waals surface area contributed by atoms with Crippen LogP contribution in [0.25, 0.3) is 11.3 Å². The summed E-state index contributed by atoms with van der Waals surface area (Å²) >= 11 is 0. The summed E-state index contributed by atoms with van der Waals surface area (Å²) in [6.45, 7) is 4.51. The van der Waals surface area contributed by atoms with Crippen LogP contribution >= 0.6 is 0 Å². The van der Waals surface area contributed by atoms with Crippen LogP contribution in [0.1, 0.15) is 27.3 Å². The molecule has 0 unspecified atom stereocenters. The number of hydrogen-bond donors (Lipinski definition) is 2. The average molecular weight is 364 g/mol. The van der Waals surface area contributed by atoms with E-state index in [4.69, 9.17) is 0 Å². The number of benzene rings is 1. The van der Waals surface area contributed by atoms with Crippen LogP contribution in [0.4, 0.5) is 5.82 Å². The molecule has 0 aliphatic heterocycles. The van der Waals surface area contributed by atoms with Gasteiger partial charge in [0.25, 0.3) is 5.91 Å². The molecule has 7 heteroatoms. The van der Waals surface area contributed by atoms with E-state index in [1.807, 2.05) is 51.0 Å². The predicted molar refractivity (Wildman–Crippen MR) is 106 cm³/mol. The third-order valence-corrected chi connectivity index (χ3v) is 4.44. The molecule has 0 fully saturated rings. The van der Waals surface area contributed by atoms with Crippen molar-refractivity contribution in [3.8, 4) is 11.3 Å². The van der Waals surface area contributed by atoms with E-state index in [0.29, 0.717) is 12.1 Å². The molecule has 3 rings (SSSR count). The van der Waals surface area contributed by atoms with Crippen LogP contribution in [0.2, 0.25) is 0 Å². The number of nitrogens with zero attached hydrogens (tertiary/aromatic N) is 4. The highest BCUT2D eigenvalue weighted by Gasteiger charge is 2.13. The Bertz CT molecular complexity index is 928. The second-order valence-corrected chi connectivity index (χ2v) is 6.62. The van der Waals surface area contributed by atoms with Gasteiger partial charge in [0, 0.05) is 49.9 Å². The molecule has 0 saturated carbocycles. The number of carbonyl (C=O) groups is 1. The molecular weight excluding hydrogens is 340 g/mol. The molecule has 3 aromatic rings. The van der Waals surface area contributed by atoms with Gasteiger partial charge in [0.2, 0.25) is 0 Å². The van der Waals surface area contributed by atoms with Crippen LogP contribution in [-0.2, 0) is 6.42 Å². The summed E-state index contributed by atoms with van der Waals surface area (Å²) in [4.78, 5) is 23.3. The number of nitrogens with one attached hydrogen (secondary N) is 2. The Morgan fingerprint density at radius 1 is 1.19 bits per heavy atom. The van der Waals surface area contributed by atoms with Crippen LogP contribution in [0.15, 0.2) is 36.7 Å². The fraction of sp³-hybridized carbons (Fsp3) is 0.300. The first-order chi connectivity index (χ1) is 13.0. The van der Waals surface area contributed by atoms with Crippen molar-refractivity contribution < 1.29 is 4.79 Å². The molecule has 7 nitrogen and oxygen atoms in total. The van der Waals surface area contributed by atoms with E-state index in [-0.39, 0.29) is 5.91 Å². The van der Waals surface area contributed by atoms with Gasteiger partial charge < -0.3 is 10.2 Å². The van der Waals surface area contributed by atoms with Crippen LogP contribution in [0.3, 0.4) is 0 Å². The molecule has 140 valence electrons. The summed E-state index contributed by atoms with van der Waals surface area (Å²) in [5, 5.41) is 10.1. The molecule has 0 radical (unpaired) electrons. The number of anilines is 1. The summed E-state index contributed by atoms with van der Waals surface area (Å²) in [6, 6.07) is 7.45. The van der Waals surface area contributed by atoms with Crippen molar-refractivity contribution in [1.82, 2.24) is 25.5 Å². The van der Waals surface area contributed by atoms with Crippen molar-refractivity contribution >= 4 is 11.7 Å². The molecule has 2 N–H and O–H groups in total. The Labute approximate surface area is 158 Å². The summed E-state index contributed by atoms with van der Waals surface area (Å²) in [7, 11) is 3.84. The molecule has 2 aromatic heterocycles. The lowest BCUT2D eigenvalue weighted by Crippen LogP contribution is -2.26. The number of rotatable bonds is 6. The molecule has 1 aromatic carbocycles. The quantitative estimate of drug-likeness (QED) is 0.702. The predicted octanol–water partition coefficient (Wildman–Crippen LogP) is 2.52. The zero-order valence-corrected chi connectivity index (χ0v) is 16.1. The maximum Gasteiger partial charge on any atom is 0.251 e. The number of aryl methyl sites for hydroxylation is 2. The smallest absolute Gasteiger partial charge is 0.251 e. The van der Waals surface area contributed by atoms with Crippen molar-refractivity contribution in [3.05, 3.63) is 59.2 Å². The second-order valence-electron chi connectivity index (χ2n) is 6.62. The highest BCUT2D eigenvalue weighted by molar-refractivity contribution is 5.95. The standard InChI is InChI=1S/C20H24N6O/c1-13-17(14(2)25-24-13)8-9-23-20(27)16-7-5-6-15(12-16)18-19(26(3)4)22-11-10-21-18/h5-7,10-12H,8-9H2,1-4H3,(H,23,27)(H,24,25). The Hall–Kier alpha value is -3.22. The minimum Gasteiger partial charge on any atom is -0.361 e. The van der Waals surface area contributed by atoms with E-state index in [1.54, 1.807) is 18.5 Å². The van der Waals surface area contributed by atoms with Gasteiger partial charge in [-0.05, 0) is 38.0 Å². The number of H-pyrrole nitrogens is 1. The lowest BCUT2D eigenvalue weighted by molar-refractivity contribution is 0.0954. The van der Waals surface area contributed by atoms with Crippen LogP contribution in [-0.4, -0.2) is 46.7 Å². The summed E-state index contributed by atoms with van der Waals surface area (Å²) in [6.07, 6.45) is 4.06. The Balaban J connectivity index is 1.73. The largest absolute Gasteiger partial charge is 0.361 e. The molecule has 0 saturated heterocycles. The molecule has 0 aliphatic carbocycles. The number of aromatic amines is 1. The fourth-order valence-electron chi connectivity index (χ4n) is 3.01. The molecule has 1 amide bonds. The van der Waals surface area contributed by atoms with Gasteiger partial charge in [0.1, 0.15) is 5.69 Å². The molecular formula is C20H24N6O. The Morgan fingerprint density at radius 3 is 2.67 bits per heavy atom. The van der Waals surface area contributed by atoms with Gasteiger partial charge >= 0.3 is 0 Å². The molecule has 0 aliphatic rings. The maximum absolute atomic E-state index is 12.6. The van der Waals surface area contributed by atoms with Crippen molar-refractivity contribution in [2.45, 2.75) is 20.3 Å². The van der Waals surface area contributed by atoms with Crippen molar-refractivity contribution in [2.24, 2.45) is 0 Å². The Kier molecular flexibility index (Phi) is 5.49. The minimum atomic E-state index is -0.106. The van der Waals surface area contributed by atoms with Gasteiger partial charge in [-0.1, -0.05) is 12.1 Å². The molecule has 2 heterocycles. The number of carbonyl (C=O) groups excluding carboxylic acids is 1. The van der Waals surface area contributed by atoms with Gasteiger partial charge in [0.15, 0.2) is 5.82 Å². The molecule has 27 heavy (non-hydrogen) atoms. The molecule has 0 atom stereocenters. The lowest BCUT2D eigenvalue weighted by Gasteiger charge is -2.15. The number of aromatic nitrogens is 4. The lowest BCUT2D eigenvalue weighted by atomic mass is 10.1. The van der Waals surface area contributed by atoms with E-state index in [2.05, 4.69) is 25.5 Å². The van der Waals surface area contributed by atoms with E-state index in [1.165, 1.54) is 0 Å². The van der Waals surface area contributed by atoms with Crippen molar-refractivity contribution in [1.29, 1.82) is 0 Å². The Morgan fingerprint density at radius 2 is 1.96 bits per heavy atom. The van der Waals surface area contributed by atoms with Gasteiger partial charge in [-0.3, -0.25) is 14.9 Å². The fourth-order valence-corrected chi connectivity index (χ4v) is 3.01. The van der Waals surface area contributed by atoms with Gasteiger partial charge in [0.05, 0.1) is 5.69 Å². The maximum atomic E-state index is 12.6. The minimum absolute atomic E-state index is 0.106. The van der Waals surface area contributed by atoms with Crippen LogP contribution in [0, 0.1) is 13.8 Å². The van der Waals surface area contributed by atoms with Crippen LogP contribution in [0.5, 0.6) is 0 Å². The normalized spacial score (nSPS) is 10.7. The topological polar surface area (TPSA) is 86.8 Å². The van der Waals surface area contributed by atoms with Gasteiger partial charge in [-0.15, -0.1) is 0 Å². The van der Waals surface area contributed by atoms with E-state index in [9.17, 15) is 4.79 Å². The monoisotopic (exact) mass is 364 g/mol. The number of hydrogen-bond acceptors (Lipinski definition) is 5. The third kappa shape index (κ3) is 4.13. The van der Waals surface area contributed by atoms with E-state index < -0.39 is 0 Å². The first-order valence-corrected chi connectivity index (χ1v) is 8.84. The zero-order chi connectivity index (χ0) is 19.4. The third-order valence-electron chi connectivity index (χ3n) is 4.44. The van der Waals surface area contributed by atoms with Crippen molar-refractivity contribution in [3.63, 3.8) is 0 Å². The van der Waals surface area contributed by atoms with Gasteiger partial charge in [-0.25, -0.2) is 4.98 Å². The summed E-state index contributed by atoms with van der Waals surface area (Å²) in [5.41, 5.74) is 5.38. The van der Waals surface area contributed by atoms with Crippen LogP contribution < -0.4 is 10.2 Å². The first-order valence-electron chi connectivity index (χ1n) is 8.84. The van der Waals surface area contributed by atoms with Crippen molar-refractivity contribution in [2.75, 3.05) is 25.5 Å². The van der Waals surface area contributed by atoms with E-state index in [0.717, 1.165) is 40.4 Å². The zero-order valence-electron chi connectivity index (χ0n) is 16.1. The highest BCUT2D eigenvalue weighted by Crippen LogP contribution is 2.25. The molecule has 0 bridgehead atoms. The average Bonchev–Trinajstić information content (AvgIpc) is 3.00. The number of amides is 1. The summed E-state index contributed by atoms with van der Waals surface area (Å²) in [5.74, 6) is 0.659. The first kappa shape index (κ1) is 18.6. The highest BCUT2D eigenvalue weighted by atomic mass is 16.1. The molecule has 0 spiro atoms. The SMILES string of the molecule is Cc1n[nH]c(C)c1CCNC(=O)c1cccc(-c2nccnc2N(C)C)c1. The summed E-state index contributed by atoms with van der Waals surface area (Å²) < 4.78 is 0. The second kappa shape index (κ2) is 7.99. The van der Waals surface area contributed by atoms with E-state index >= 15 is 0 Å². The van der Waals surface area contributed by atoms with Gasteiger partial charge in [-0.2, -0.15) is 5.10 Å².